The third-order valence-corrected chi connectivity index (χ3v) is 5.45. The first-order chi connectivity index (χ1) is 9.72. The van der Waals surface area contributed by atoms with Gasteiger partial charge in [0.05, 0.1) is 5.52 Å². The van der Waals surface area contributed by atoms with Crippen LogP contribution in [-0.4, -0.2) is 20.2 Å². The lowest BCUT2D eigenvalue weighted by Gasteiger charge is -2.05. The van der Waals surface area contributed by atoms with Gasteiger partial charge in [-0.15, -0.1) is 11.8 Å². The molecule has 3 aromatic rings. The van der Waals surface area contributed by atoms with Crippen LogP contribution in [0.15, 0.2) is 41.6 Å². The molecule has 2 heterocycles. The van der Waals surface area contributed by atoms with Crippen LogP contribution in [0.1, 0.15) is 0 Å². The van der Waals surface area contributed by atoms with E-state index in [0.29, 0.717) is 11.0 Å². The topological polar surface area (TPSA) is 30.7 Å². The van der Waals surface area contributed by atoms with E-state index < -0.39 is 0 Å². The highest BCUT2D eigenvalue weighted by atomic mass is 127. The third-order valence-electron chi connectivity index (χ3n) is 2.89. The average Bonchev–Trinajstić information content (AvgIpc) is 2.89. The first kappa shape index (κ1) is 14.5. The van der Waals surface area contributed by atoms with Crippen molar-refractivity contribution in [3.63, 3.8) is 0 Å². The molecular weight excluding hydrogens is 425 g/mol. The quantitative estimate of drug-likeness (QED) is 0.318. The van der Waals surface area contributed by atoms with Gasteiger partial charge in [0.15, 0.2) is 5.82 Å². The van der Waals surface area contributed by atoms with Gasteiger partial charge >= 0.3 is 0 Å². The highest BCUT2D eigenvalue weighted by Gasteiger charge is 2.11. The van der Waals surface area contributed by atoms with Crippen molar-refractivity contribution < 1.29 is 0 Å². The summed E-state index contributed by atoms with van der Waals surface area (Å²) in [5, 5.41) is 2.48. The lowest BCUT2D eigenvalue weighted by Crippen LogP contribution is -1.92. The molecule has 0 aliphatic heterocycles. The van der Waals surface area contributed by atoms with Crippen LogP contribution in [0, 0.1) is 0 Å². The average molecular weight is 434 g/mol. The molecule has 0 N–H and O–H groups in total. The first-order valence-electron chi connectivity index (χ1n) is 5.71. The molecule has 0 bridgehead atoms. The summed E-state index contributed by atoms with van der Waals surface area (Å²) in [6.07, 6.45) is 4.03. The number of aromatic nitrogens is 3. The summed E-state index contributed by atoms with van der Waals surface area (Å²) in [5.41, 5.74) is 2.15. The second kappa shape index (κ2) is 6.13. The Kier molecular flexibility index (Phi) is 4.44. The molecule has 0 fully saturated rings. The maximum atomic E-state index is 6.09. The van der Waals surface area contributed by atoms with Crippen LogP contribution in [0.25, 0.3) is 22.3 Å². The smallest absolute Gasteiger partial charge is 0.162 e. The summed E-state index contributed by atoms with van der Waals surface area (Å²) < 4.78 is 2.11. The van der Waals surface area contributed by atoms with E-state index in [1.54, 1.807) is 26.9 Å². The number of halogens is 2. The number of benzene rings is 1. The van der Waals surface area contributed by atoms with Crippen LogP contribution >= 0.6 is 53.7 Å². The minimum absolute atomic E-state index is 0.471. The Bertz CT molecular complexity index is 775. The molecule has 3 nitrogen and oxygen atoms in total. The fraction of sp³-hybridized carbons (Fsp3) is 0.0769. The fourth-order valence-corrected chi connectivity index (χ4v) is 4.05. The van der Waals surface area contributed by atoms with E-state index in [0.717, 1.165) is 21.5 Å². The predicted molar refractivity (Wildman–Crippen MR) is 96.8 cm³/mol. The van der Waals surface area contributed by atoms with E-state index >= 15 is 0 Å². The van der Waals surface area contributed by atoms with Crippen LogP contribution in [0.5, 0.6) is 0 Å². The molecule has 2 aromatic heterocycles. The van der Waals surface area contributed by atoms with Crippen LogP contribution < -0.4 is 0 Å². The van der Waals surface area contributed by atoms with Crippen molar-refractivity contribution in [2.24, 2.45) is 0 Å². The molecule has 0 amide bonds. The first-order valence-corrected chi connectivity index (χ1v) is 10.6. The molecule has 0 aliphatic carbocycles. The monoisotopic (exact) mass is 433 g/mol. The Labute approximate surface area is 142 Å². The number of nitrogens with zero attached hydrogens (tertiary/aromatic N) is 3. The van der Waals surface area contributed by atoms with Gasteiger partial charge in [-0.2, -0.15) is 0 Å². The molecule has 0 spiro atoms. The summed E-state index contributed by atoms with van der Waals surface area (Å²) in [7, 11) is 1.64. The van der Waals surface area contributed by atoms with E-state index in [9.17, 15) is 0 Å². The lowest BCUT2D eigenvalue weighted by atomic mass is 10.1. The number of hydrogen-bond acceptors (Lipinski definition) is 4. The number of rotatable bonds is 3. The van der Waals surface area contributed by atoms with Crippen molar-refractivity contribution in [2.45, 2.75) is 5.03 Å². The molecule has 1 aromatic carbocycles. The number of hydrogen-bond donors (Lipinski definition) is 0. The van der Waals surface area contributed by atoms with Gasteiger partial charge in [0.25, 0.3) is 0 Å². The molecule has 20 heavy (non-hydrogen) atoms. The minimum Gasteiger partial charge on any atom is -0.282 e. The predicted octanol–water partition coefficient (Wildman–Crippen LogP) is 5.32. The Morgan fingerprint density at radius 2 is 2.10 bits per heavy atom. The molecule has 0 saturated heterocycles. The zero-order valence-corrected chi connectivity index (χ0v) is 14.9. The second-order valence-corrected chi connectivity index (χ2v) is 6.93. The Hall–Kier alpha value is -0.440. The molecule has 3 rings (SSSR count). The summed E-state index contributed by atoms with van der Waals surface area (Å²) in [5.74, 6) is 0.670. The summed E-state index contributed by atoms with van der Waals surface area (Å²) in [4.78, 5) is 8.92. The van der Waals surface area contributed by atoms with Crippen molar-refractivity contribution in [1.82, 2.24) is 13.9 Å². The van der Waals surface area contributed by atoms with E-state index in [1.807, 2.05) is 24.6 Å². The lowest BCUT2D eigenvalue weighted by molar-refractivity contribution is 1.06. The van der Waals surface area contributed by atoms with Gasteiger partial charge in [-0.1, -0.05) is 23.7 Å². The third kappa shape index (κ3) is 2.66. The number of thioether (sulfide) groups is 1. The SMILES string of the molecule is CSc1cc(Cl)nc(-c2cccc3c2ccn3SI)n1. The van der Waals surface area contributed by atoms with Crippen LogP contribution in [0.4, 0.5) is 0 Å². The largest absolute Gasteiger partial charge is 0.282 e. The highest BCUT2D eigenvalue weighted by molar-refractivity contribution is 14.2. The normalized spacial score (nSPS) is 11.2. The molecule has 7 heteroatoms. The zero-order valence-electron chi connectivity index (χ0n) is 10.4. The van der Waals surface area contributed by atoms with Gasteiger partial charge in [0, 0.05) is 53.5 Å². The van der Waals surface area contributed by atoms with E-state index in [-0.39, 0.29) is 0 Å². The van der Waals surface area contributed by atoms with Crippen molar-refractivity contribution in [1.29, 1.82) is 0 Å². The molecule has 0 saturated carbocycles. The van der Waals surface area contributed by atoms with Gasteiger partial charge in [0.2, 0.25) is 0 Å². The fourth-order valence-electron chi connectivity index (χ4n) is 2.02. The van der Waals surface area contributed by atoms with Crippen molar-refractivity contribution in [3.05, 3.63) is 41.7 Å². The molecule has 102 valence electrons. The number of fused-ring (bicyclic) bond motifs is 1. The maximum Gasteiger partial charge on any atom is 0.162 e. The van der Waals surface area contributed by atoms with E-state index in [2.05, 4.69) is 47.3 Å². The van der Waals surface area contributed by atoms with Gasteiger partial charge < -0.3 is 0 Å². The van der Waals surface area contributed by atoms with E-state index in [4.69, 9.17) is 11.6 Å². The van der Waals surface area contributed by atoms with Crippen molar-refractivity contribution in [2.75, 3.05) is 6.26 Å². The second-order valence-electron chi connectivity index (χ2n) is 4.01. The van der Waals surface area contributed by atoms with Crippen molar-refractivity contribution >= 4 is 64.6 Å². The molecular formula is C13H9ClIN3S2. The highest BCUT2D eigenvalue weighted by Crippen LogP contribution is 2.32. The molecule has 0 radical (unpaired) electrons. The van der Waals surface area contributed by atoms with Crippen LogP contribution in [0.2, 0.25) is 5.15 Å². The van der Waals surface area contributed by atoms with E-state index in [1.165, 1.54) is 0 Å². The van der Waals surface area contributed by atoms with Crippen molar-refractivity contribution in [3.8, 4) is 11.4 Å². The molecule has 0 atom stereocenters. The minimum atomic E-state index is 0.471. The molecule has 0 unspecified atom stereocenters. The summed E-state index contributed by atoms with van der Waals surface area (Å²) in [6, 6.07) is 10.00. The van der Waals surface area contributed by atoms with Gasteiger partial charge in [0.1, 0.15) is 10.2 Å². The summed E-state index contributed by atoms with van der Waals surface area (Å²) >= 11 is 9.91. The Morgan fingerprint density at radius 3 is 2.85 bits per heavy atom. The van der Waals surface area contributed by atoms with Crippen LogP contribution in [0.3, 0.4) is 0 Å². The zero-order chi connectivity index (χ0) is 14.1. The Morgan fingerprint density at radius 1 is 1.25 bits per heavy atom. The molecule has 0 aliphatic rings. The maximum absolute atomic E-state index is 6.09. The van der Waals surface area contributed by atoms with Crippen LogP contribution in [-0.2, 0) is 0 Å². The van der Waals surface area contributed by atoms with Gasteiger partial charge in [-0.25, -0.2) is 9.97 Å². The standard InChI is InChI=1S/C13H9ClIN3S2/c1-19-12-7-11(14)16-13(17-12)9-3-2-4-10-8(9)5-6-18(10)20-15/h2-7H,1H3. The Balaban J connectivity index is 2.24. The van der Waals surface area contributed by atoms with Gasteiger partial charge in [-0.3, -0.25) is 3.97 Å². The summed E-state index contributed by atoms with van der Waals surface area (Å²) in [6.45, 7) is 0. The van der Waals surface area contributed by atoms with Gasteiger partial charge in [-0.05, 0) is 18.4 Å².